The first kappa shape index (κ1) is 17.9. The molecular weight excluding hydrogens is 386 g/mol. The van der Waals surface area contributed by atoms with Gasteiger partial charge in [0.2, 0.25) is 0 Å². The Hall–Kier alpha value is -2.51. The van der Waals surface area contributed by atoms with Crippen molar-refractivity contribution < 1.29 is 9.72 Å². The molecule has 1 aliphatic heterocycles. The normalized spacial score (nSPS) is 15.2. The average molecular weight is 402 g/mol. The van der Waals surface area contributed by atoms with Crippen molar-refractivity contribution in [1.29, 1.82) is 0 Å². The molecule has 0 bridgehead atoms. The van der Waals surface area contributed by atoms with Crippen molar-refractivity contribution in [2.45, 2.75) is 18.8 Å². The number of piperidine rings is 1. The van der Waals surface area contributed by atoms with Crippen molar-refractivity contribution in [3.8, 4) is 0 Å². The van der Waals surface area contributed by atoms with E-state index in [-0.39, 0.29) is 17.2 Å². The Balaban J connectivity index is 1.50. The molecule has 0 spiro atoms. The van der Waals surface area contributed by atoms with Gasteiger partial charge in [-0.1, -0.05) is 23.7 Å². The first-order chi connectivity index (χ1) is 13.0. The Morgan fingerprint density at radius 1 is 1.22 bits per heavy atom. The fraction of sp³-hybridized carbons (Fsp3) is 0.263. The summed E-state index contributed by atoms with van der Waals surface area (Å²) < 4.78 is 1.17. The number of amides is 1. The van der Waals surface area contributed by atoms with Gasteiger partial charge in [-0.25, -0.2) is 4.98 Å². The van der Waals surface area contributed by atoms with Crippen molar-refractivity contribution >= 4 is 44.7 Å². The standard InChI is InChI=1S/C19H16ClN3O3S/c20-13-5-6-16(23(25)26)14(11-13)19(24)22-9-7-12(8-10-22)18-21-15-3-1-2-4-17(15)27-18/h1-6,11-12H,7-10H2. The summed E-state index contributed by atoms with van der Waals surface area (Å²) in [7, 11) is 0. The van der Waals surface area contributed by atoms with Crippen molar-refractivity contribution in [1.82, 2.24) is 9.88 Å². The smallest absolute Gasteiger partial charge is 0.282 e. The van der Waals surface area contributed by atoms with Crippen LogP contribution < -0.4 is 0 Å². The number of halogens is 1. The van der Waals surface area contributed by atoms with Crippen LogP contribution in [0.2, 0.25) is 5.02 Å². The van der Waals surface area contributed by atoms with E-state index >= 15 is 0 Å². The van der Waals surface area contributed by atoms with Crippen LogP contribution in [0.5, 0.6) is 0 Å². The molecule has 3 aromatic rings. The number of nitro groups is 1. The second-order valence-electron chi connectivity index (χ2n) is 6.50. The number of carbonyl (C=O) groups is 1. The molecule has 1 aliphatic rings. The van der Waals surface area contributed by atoms with Crippen LogP contribution in [0.1, 0.15) is 34.1 Å². The fourth-order valence-electron chi connectivity index (χ4n) is 3.40. The summed E-state index contributed by atoms with van der Waals surface area (Å²) in [6.45, 7) is 1.09. The lowest BCUT2D eigenvalue weighted by atomic mass is 9.97. The molecule has 27 heavy (non-hydrogen) atoms. The third-order valence-electron chi connectivity index (χ3n) is 4.83. The predicted molar refractivity (Wildman–Crippen MR) is 106 cm³/mol. The van der Waals surface area contributed by atoms with Crippen LogP contribution in [-0.2, 0) is 0 Å². The largest absolute Gasteiger partial charge is 0.338 e. The predicted octanol–water partition coefficient (Wildman–Crippen LogP) is 4.88. The zero-order chi connectivity index (χ0) is 19.0. The van der Waals surface area contributed by atoms with Crippen LogP contribution in [0.25, 0.3) is 10.2 Å². The molecule has 0 N–H and O–H groups in total. The molecule has 6 nitrogen and oxygen atoms in total. The maximum atomic E-state index is 12.8. The van der Waals surface area contributed by atoms with E-state index in [1.165, 1.54) is 22.9 Å². The van der Waals surface area contributed by atoms with E-state index in [4.69, 9.17) is 16.6 Å². The van der Waals surface area contributed by atoms with E-state index < -0.39 is 4.92 Å². The molecular formula is C19H16ClN3O3S. The van der Waals surface area contributed by atoms with E-state index in [0.717, 1.165) is 23.4 Å². The summed E-state index contributed by atoms with van der Waals surface area (Å²) in [6.07, 6.45) is 1.58. The molecule has 0 aliphatic carbocycles. The maximum absolute atomic E-state index is 12.8. The van der Waals surface area contributed by atoms with E-state index in [1.807, 2.05) is 18.2 Å². The Morgan fingerprint density at radius 2 is 1.96 bits per heavy atom. The van der Waals surface area contributed by atoms with Crippen molar-refractivity contribution in [3.63, 3.8) is 0 Å². The highest BCUT2D eigenvalue weighted by Crippen LogP contribution is 2.34. The highest BCUT2D eigenvalue weighted by Gasteiger charge is 2.30. The molecule has 0 radical (unpaired) electrons. The van der Waals surface area contributed by atoms with Gasteiger partial charge in [0, 0.05) is 30.1 Å². The summed E-state index contributed by atoms with van der Waals surface area (Å²) in [5, 5.41) is 12.6. The first-order valence-corrected chi connectivity index (χ1v) is 9.81. The van der Waals surface area contributed by atoms with E-state index in [1.54, 1.807) is 16.2 Å². The topological polar surface area (TPSA) is 76.3 Å². The quantitative estimate of drug-likeness (QED) is 0.463. The lowest BCUT2D eigenvalue weighted by Gasteiger charge is -2.31. The van der Waals surface area contributed by atoms with Gasteiger partial charge in [0.25, 0.3) is 11.6 Å². The minimum atomic E-state index is -0.544. The minimum Gasteiger partial charge on any atom is -0.338 e. The molecule has 1 saturated heterocycles. The number of benzene rings is 2. The summed E-state index contributed by atoms with van der Waals surface area (Å²) >= 11 is 7.64. The fourth-order valence-corrected chi connectivity index (χ4v) is 4.71. The second-order valence-corrected chi connectivity index (χ2v) is 8.00. The monoisotopic (exact) mass is 401 g/mol. The van der Waals surface area contributed by atoms with Crippen LogP contribution in [-0.4, -0.2) is 33.8 Å². The maximum Gasteiger partial charge on any atom is 0.282 e. The van der Waals surface area contributed by atoms with E-state index in [0.29, 0.717) is 24.0 Å². The number of hydrogen-bond acceptors (Lipinski definition) is 5. The zero-order valence-electron chi connectivity index (χ0n) is 14.3. The number of nitrogens with zero attached hydrogens (tertiary/aromatic N) is 3. The van der Waals surface area contributed by atoms with Gasteiger partial charge in [0.05, 0.1) is 20.1 Å². The number of aromatic nitrogens is 1. The zero-order valence-corrected chi connectivity index (χ0v) is 15.9. The van der Waals surface area contributed by atoms with Crippen molar-refractivity contribution in [2.75, 3.05) is 13.1 Å². The van der Waals surface area contributed by atoms with Crippen LogP contribution in [0.15, 0.2) is 42.5 Å². The Kier molecular flexibility index (Phi) is 4.80. The van der Waals surface area contributed by atoms with E-state index in [9.17, 15) is 14.9 Å². The Labute approximate surface area is 164 Å². The highest BCUT2D eigenvalue weighted by atomic mass is 35.5. The highest BCUT2D eigenvalue weighted by molar-refractivity contribution is 7.18. The van der Waals surface area contributed by atoms with Gasteiger partial charge in [-0.05, 0) is 37.1 Å². The summed E-state index contributed by atoms with van der Waals surface area (Å²) in [4.78, 5) is 29.9. The van der Waals surface area contributed by atoms with Crippen LogP contribution in [0, 0.1) is 10.1 Å². The number of hydrogen-bond donors (Lipinski definition) is 0. The number of fused-ring (bicyclic) bond motifs is 1. The molecule has 0 atom stereocenters. The van der Waals surface area contributed by atoms with Crippen LogP contribution in [0.4, 0.5) is 5.69 Å². The molecule has 1 amide bonds. The molecule has 1 fully saturated rings. The van der Waals surface area contributed by atoms with Gasteiger partial charge in [0.1, 0.15) is 5.56 Å². The van der Waals surface area contributed by atoms with Crippen molar-refractivity contribution in [3.05, 3.63) is 68.2 Å². The van der Waals surface area contributed by atoms with Crippen LogP contribution >= 0.6 is 22.9 Å². The summed E-state index contributed by atoms with van der Waals surface area (Å²) in [5.74, 6) is -0.0345. The lowest BCUT2D eigenvalue weighted by molar-refractivity contribution is -0.385. The average Bonchev–Trinajstić information content (AvgIpc) is 3.11. The Bertz CT molecular complexity index is 995. The third-order valence-corrected chi connectivity index (χ3v) is 6.26. The van der Waals surface area contributed by atoms with Gasteiger partial charge in [-0.2, -0.15) is 0 Å². The summed E-state index contributed by atoms with van der Waals surface area (Å²) in [5.41, 5.74) is 0.842. The molecule has 2 aromatic carbocycles. The second kappa shape index (κ2) is 7.25. The molecule has 1 aromatic heterocycles. The molecule has 138 valence electrons. The van der Waals surface area contributed by atoms with E-state index in [2.05, 4.69) is 6.07 Å². The molecule has 0 saturated carbocycles. The van der Waals surface area contributed by atoms with Crippen LogP contribution in [0.3, 0.4) is 0 Å². The first-order valence-electron chi connectivity index (χ1n) is 8.61. The number of nitro benzene ring substituents is 1. The third kappa shape index (κ3) is 3.52. The van der Waals surface area contributed by atoms with Gasteiger partial charge in [-0.15, -0.1) is 11.3 Å². The molecule has 2 heterocycles. The van der Waals surface area contributed by atoms with Gasteiger partial charge in [-0.3, -0.25) is 14.9 Å². The Morgan fingerprint density at radius 3 is 2.67 bits per heavy atom. The SMILES string of the molecule is O=C(c1cc(Cl)ccc1[N+](=O)[O-])N1CCC(c2nc3ccccc3s2)CC1. The van der Waals surface area contributed by atoms with Gasteiger partial charge < -0.3 is 4.90 Å². The molecule has 0 unspecified atom stereocenters. The van der Waals surface area contributed by atoms with Crippen molar-refractivity contribution in [2.24, 2.45) is 0 Å². The number of thiazole rings is 1. The number of likely N-dealkylation sites (tertiary alicyclic amines) is 1. The lowest BCUT2D eigenvalue weighted by Crippen LogP contribution is -2.38. The number of para-hydroxylation sites is 1. The van der Waals surface area contributed by atoms with Gasteiger partial charge >= 0.3 is 0 Å². The summed E-state index contributed by atoms with van der Waals surface area (Å²) in [6, 6.07) is 12.1. The minimum absolute atomic E-state index is 0.0472. The number of carbonyl (C=O) groups excluding carboxylic acids is 1. The number of rotatable bonds is 3. The molecule has 8 heteroatoms. The van der Waals surface area contributed by atoms with Gasteiger partial charge in [0.15, 0.2) is 0 Å². The molecule has 4 rings (SSSR count).